The minimum Gasteiger partial charge on any atom is -0.495 e. The molecule has 1 aromatic heterocycles. The molecule has 0 unspecified atom stereocenters. The van der Waals surface area contributed by atoms with Crippen molar-refractivity contribution in [2.45, 2.75) is 6.61 Å². The second-order valence-electron chi connectivity index (χ2n) is 3.66. The van der Waals surface area contributed by atoms with Gasteiger partial charge in [-0.1, -0.05) is 36.9 Å². The minimum absolute atomic E-state index is 0.334. The number of hydrogen-bond acceptors (Lipinski definition) is 3. The van der Waals surface area contributed by atoms with Gasteiger partial charge in [0.05, 0.1) is 12.0 Å². The third-order valence-corrected chi connectivity index (χ3v) is 2.46. The van der Waals surface area contributed by atoms with Gasteiger partial charge < -0.3 is 4.74 Å². The predicted molar refractivity (Wildman–Crippen MR) is 70.6 cm³/mol. The van der Waals surface area contributed by atoms with E-state index >= 15 is 0 Å². The van der Waals surface area contributed by atoms with Crippen molar-refractivity contribution in [1.29, 1.82) is 5.26 Å². The van der Waals surface area contributed by atoms with Crippen LogP contribution in [0, 0.1) is 11.3 Å². The average Bonchev–Trinajstić information content (AvgIpc) is 2.43. The number of aromatic nitrogens is 1. The molecule has 0 atom stereocenters. The van der Waals surface area contributed by atoms with Gasteiger partial charge in [0.2, 0.25) is 0 Å². The lowest BCUT2D eigenvalue weighted by Crippen LogP contribution is -1.96. The Hall–Kier alpha value is -2.60. The molecule has 0 N–H and O–H groups in total. The highest BCUT2D eigenvalue weighted by atomic mass is 16.5. The molecule has 3 nitrogen and oxygen atoms in total. The van der Waals surface area contributed by atoms with Gasteiger partial charge >= 0.3 is 0 Å². The van der Waals surface area contributed by atoms with Gasteiger partial charge in [-0.05, 0) is 17.5 Å². The van der Waals surface area contributed by atoms with Gasteiger partial charge in [0.25, 0.3) is 0 Å². The number of benzene rings is 1. The highest BCUT2D eigenvalue weighted by Gasteiger charge is 2.05. The van der Waals surface area contributed by atoms with Crippen molar-refractivity contribution in [2.75, 3.05) is 0 Å². The van der Waals surface area contributed by atoms with Gasteiger partial charge in [0, 0.05) is 5.39 Å². The molecule has 18 heavy (non-hydrogen) atoms. The summed E-state index contributed by atoms with van der Waals surface area (Å²) >= 11 is 0. The molecule has 1 aromatic carbocycles. The first-order chi connectivity index (χ1) is 8.85. The van der Waals surface area contributed by atoms with E-state index in [0.717, 1.165) is 16.5 Å². The maximum Gasteiger partial charge on any atom is 0.141 e. The fourth-order valence-electron chi connectivity index (χ4n) is 1.68. The third kappa shape index (κ3) is 2.55. The zero-order valence-corrected chi connectivity index (χ0v) is 9.84. The largest absolute Gasteiger partial charge is 0.495 e. The molecule has 0 spiro atoms. The van der Waals surface area contributed by atoms with Crippen LogP contribution in [0.4, 0.5) is 0 Å². The molecule has 2 rings (SSSR count). The van der Waals surface area contributed by atoms with Crippen molar-refractivity contribution in [3.05, 3.63) is 66.7 Å². The first kappa shape index (κ1) is 11.9. The minimum atomic E-state index is 0.334. The van der Waals surface area contributed by atoms with Crippen molar-refractivity contribution in [3.63, 3.8) is 0 Å². The van der Waals surface area contributed by atoms with E-state index in [0.29, 0.717) is 12.3 Å². The number of nitrogens with zero attached hydrogens (tertiary/aromatic N) is 2. The average molecular weight is 236 g/mol. The third-order valence-electron chi connectivity index (χ3n) is 2.46. The summed E-state index contributed by atoms with van der Waals surface area (Å²) in [6, 6.07) is 11.6. The van der Waals surface area contributed by atoms with Crippen LogP contribution in [0.3, 0.4) is 0 Å². The molecular weight excluding hydrogens is 224 g/mol. The molecule has 0 radical (unpaired) electrons. The fraction of sp³-hybridized carbons (Fsp3) is 0.0667. The van der Waals surface area contributed by atoms with Crippen molar-refractivity contribution in [3.8, 4) is 6.07 Å². The topological polar surface area (TPSA) is 45.9 Å². The Balaban J connectivity index is 2.38. The van der Waals surface area contributed by atoms with Crippen LogP contribution in [-0.4, -0.2) is 4.98 Å². The molecule has 0 aliphatic heterocycles. The maximum atomic E-state index is 8.95. The van der Waals surface area contributed by atoms with Crippen LogP contribution in [0.15, 0.2) is 55.3 Å². The number of hydrogen-bond donors (Lipinski definition) is 0. The van der Waals surface area contributed by atoms with Gasteiger partial charge in [-0.2, -0.15) is 5.26 Å². The van der Waals surface area contributed by atoms with Crippen molar-refractivity contribution in [2.24, 2.45) is 0 Å². The Kier molecular flexibility index (Phi) is 3.72. The molecule has 2 aromatic rings. The second kappa shape index (κ2) is 5.65. The summed E-state index contributed by atoms with van der Waals surface area (Å²) in [5, 5.41) is 10.9. The van der Waals surface area contributed by atoms with E-state index in [-0.39, 0.29) is 0 Å². The van der Waals surface area contributed by atoms with E-state index in [1.807, 2.05) is 24.3 Å². The lowest BCUT2D eigenvalue weighted by atomic mass is 10.1. The first-order valence-electron chi connectivity index (χ1n) is 5.53. The first-order valence-corrected chi connectivity index (χ1v) is 5.53. The number of ether oxygens (including phenoxy) is 1. The van der Waals surface area contributed by atoms with Gasteiger partial charge in [0.15, 0.2) is 0 Å². The number of nitriles is 1. The summed E-state index contributed by atoms with van der Waals surface area (Å²) in [6.45, 7) is 3.89. The molecule has 0 fully saturated rings. The lowest BCUT2D eigenvalue weighted by molar-refractivity contribution is 0.234. The standard InChI is InChI=1S/C15H12N2O/c1-2-3-8-18-11-15-14-7-5-4-6-12(14)9-13(10-16)17-15/h2-9H,1,11H2. The van der Waals surface area contributed by atoms with E-state index in [9.17, 15) is 0 Å². The lowest BCUT2D eigenvalue weighted by Gasteiger charge is -2.06. The second-order valence-corrected chi connectivity index (χ2v) is 3.66. The fourth-order valence-corrected chi connectivity index (χ4v) is 1.68. The molecule has 1 heterocycles. The monoisotopic (exact) mass is 236 g/mol. The molecule has 0 amide bonds. The summed E-state index contributed by atoms with van der Waals surface area (Å²) in [7, 11) is 0. The van der Waals surface area contributed by atoms with Gasteiger partial charge in [0.1, 0.15) is 18.4 Å². The SMILES string of the molecule is C=CC=COCc1nc(C#N)cc2ccccc12. The summed E-state index contributed by atoms with van der Waals surface area (Å²) in [5.41, 5.74) is 1.17. The van der Waals surface area contributed by atoms with E-state index in [1.54, 1.807) is 24.5 Å². The Labute approximate surface area is 106 Å². The van der Waals surface area contributed by atoms with Crippen LogP contribution in [0.5, 0.6) is 0 Å². The summed E-state index contributed by atoms with van der Waals surface area (Å²) in [5.74, 6) is 0. The summed E-state index contributed by atoms with van der Waals surface area (Å²) in [4.78, 5) is 4.27. The van der Waals surface area contributed by atoms with Crippen LogP contribution < -0.4 is 0 Å². The molecule has 0 bridgehead atoms. The van der Waals surface area contributed by atoms with E-state index in [4.69, 9.17) is 10.00 Å². The smallest absolute Gasteiger partial charge is 0.141 e. The molecule has 0 saturated carbocycles. The highest BCUT2D eigenvalue weighted by molar-refractivity contribution is 5.85. The predicted octanol–water partition coefficient (Wildman–Crippen LogP) is 3.32. The van der Waals surface area contributed by atoms with Crippen LogP contribution in [0.1, 0.15) is 11.4 Å². The quantitative estimate of drug-likeness (QED) is 0.604. The molecule has 3 heteroatoms. The summed E-state index contributed by atoms with van der Waals surface area (Å²) < 4.78 is 5.34. The Morgan fingerprint density at radius 2 is 2.22 bits per heavy atom. The van der Waals surface area contributed by atoms with Crippen molar-refractivity contribution in [1.82, 2.24) is 4.98 Å². The number of pyridine rings is 1. The molecule has 0 saturated heterocycles. The van der Waals surface area contributed by atoms with Crippen molar-refractivity contribution < 1.29 is 4.74 Å². The van der Waals surface area contributed by atoms with Gasteiger partial charge in [-0.25, -0.2) is 4.98 Å². The Morgan fingerprint density at radius 1 is 1.39 bits per heavy atom. The van der Waals surface area contributed by atoms with Crippen LogP contribution in [-0.2, 0) is 11.3 Å². The number of allylic oxidation sites excluding steroid dienone is 2. The van der Waals surface area contributed by atoms with Gasteiger partial charge in [-0.3, -0.25) is 0 Å². The zero-order chi connectivity index (χ0) is 12.8. The Bertz CT molecular complexity index is 638. The van der Waals surface area contributed by atoms with Crippen molar-refractivity contribution >= 4 is 10.8 Å². The van der Waals surface area contributed by atoms with Gasteiger partial charge in [-0.15, -0.1) is 0 Å². The Morgan fingerprint density at radius 3 is 3.00 bits per heavy atom. The van der Waals surface area contributed by atoms with E-state index < -0.39 is 0 Å². The van der Waals surface area contributed by atoms with Crippen LogP contribution in [0.25, 0.3) is 10.8 Å². The van der Waals surface area contributed by atoms with E-state index in [2.05, 4.69) is 17.6 Å². The number of rotatable bonds is 4. The summed E-state index contributed by atoms with van der Waals surface area (Å²) in [6.07, 6.45) is 4.90. The maximum absolute atomic E-state index is 8.95. The molecule has 0 aliphatic rings. The molecular formula is C15H12N2O. The van der Waals surface area contributed by atoms with Crippen LogP contribution in [0.2, 0.25) is 0 Å². The highest BCUT2D eigenvalue weighted by Crippen LogP contribution is 2.19. The van der Waals surface area contributed by atoms with E-state index in [1.165, 1.54) is 0 Å². The zero-order valence-electron chi connectivity index (χ0n) is 9.84. The normalized spacial score (nSPS) is 10.4. The number of fused-ring (bicyclic) bond motifs is 1. The van der Waals surface area contributed by atoms with Crippen LogP contribution >= 0.6 is 0 Å². The molecule has 88 valence electrons. The molecule has 0 aliphatic carbocycles.